The number of pyridine rings is 1. The van der Waals surface area contributed by atoms with Crippen molar-refractivity contribution in [2.75, 3.05) is 0 Å². The summed E-state index contributed by atoms with van der Waals surface area (Å²) in [4.78, 5) is 4.32. The van der Waals surface area contributed by atoms with E-state index in [2.05, 4.69) is 36.3 Å². The van der Waals surface area contributed by atoms with E-state index in [0.717, 1.165) is 17.5 Å². The van der Waals surface area contributed by atoms with Gasteiger partial charge in [-0.25, -0.2) is 0 Å². The molecule has 1 heteroatoms. The Labute approximate surface area is 84.8 Å². The van der Waals surface area contributed by atoms with Crippen molar-refractivity contribution in [1.82, 2.24) is 4.98 Å². The van der Waals surface area contributed by atoms with Crippen LogP contribution in [0.2, 0.25) is 0 Å². The van der Waals surface area contributed by atoms with Crippen molar-refractivity contribution in [3.63, 3.8) is 0 Å². The highest BCUT2D eigenvalue weighted by molar-refractivity contribution is 5.81. The highest BCUT2D eigenvalue weighted by Gasteiger charge is 1.97. The molecule has 0 N–H and O–H groups in total. The number of benzene rings is 1. The largest absolute Gasteiger partial charge is 0.250 e. The number of fused-ring (bicyclic) bond motifs is 1. The molecule has 0 aliphatic rings. The minimum Gasteiger partial charge on any atom is -0.250 e. The van der Waals surface area contributed by atoms with Gasteiger partial charge in [-0.05, 0) is 24.3 Å². The van der Waals surface area contributed by atoms with Crippen LogP contribution in [0, 0.1) is 6.20 Å². The van der Waals surface area contributed by atoms with Crippen LogP contribution in [0.3, 0.4) is 0 Å². The number of rotatable bonds is 3. The van der Waals surface area contributed by atoms with Gasteiger partial charge in [0.05, 0.1) is 6.20 Å². The molecule has 0 atom stereocenters. The van der Waals surface area contributed by atoms with E-state index in [0.29, 0.717) is 0 Å². The topological polar surface area (TPSA) is 12.9 Å². The molecule has 2 aromatic rings. The van der Waals surface area contributed by atoms with Gasteiger partial charge in [0.2, 0.25) is 0 Å². The average molecular weight is 184 g/mol. The molecule has 1 nitrogen and oxygen atoms in total. The van der Waals surface area contributed by atoms with Gasteiger partial charge in [-0.1, -0.05) is 37.6 Å². The first-order chi connectivity index (χ1) is 6.90. The fourth-order valence-corrected chi connectivity index (χ4v) is 1.55. The lowest BCUT2D eigenvalue weighted by atomic mass is 10.1. The summed E-state index contributed by atoms with van der Waals surface area (Å²) in [5.74, 6) is 0. The average Bonchev–Trinajstić information content (AvgIpc) is 2.26. The first kappa shape index (κ1) is 9.20. The molecule has 0 saturated heterocycles. The Balaban J connectivity index is 2.32. The van der Waals surface area contributed by atoms with Crippen LogP contribution in [0.4, 0.5) is 0 Å². The van der Waals surface area contributed by atoms with E-state index in [4.69, 9.17) is 0 Å². The third-order valence-electron chi connectivity index (χ3n) is 2.39. The third kappa shape index (κ3) is 1.92. The minimum absolute atomic E-state index is 1.07. The second kappa shape index (κ2) is 4.23. The van der Waals surface area contributed by atoms with Gasteiger partial charge in [0.25, 0.3) is 0 Å². The Morgan fingerprint density at radius 3 is 3.00 bits per heavy atom. The molecule has 0 aliphatic heterocycles. The van der Waals surface area contributed by atoms with Gasteiger partial charge in [0, 0.05) is 11.1 Å². The number of aromatic nitrogens is 1. The molecule has 0 amide bonds. The van der Waals surface area contributed by atoms with Crippen LogP contribution in [0.5, 0.6) is 0 Å². The quantitative estimate of drug-likeness (QED) is 0.712. The molecule has 1 aromatic carbocycles. The molecule has 2 rings (SSSR count). The second-order valence-corrected chi connectivity index (χ2v) is 3.55. The molecule has 0 saturated carbocycles. The molecule has 0 aliphatic carbocycles. The van der Waals surface area contributed by atoms with Gasteiger partial charge in [0.15, 0.2) is 0 Å². The van der Waals surface area contributed by atoms with Gasteiger partial charge in [-0.2, -0.15) is 0 Å². The Morgan fingerprint density at radius 2 is 2.14 bits per heavy atom. The predicted octanol–water partition coefficient (Wildman–Crippen LogP) is 3.38. The van der Waals surface area contributed by atoms with E-state index in [1.165, 1.54) is 18.2 Å². The lowest BCUT2D eigenvalue weighted by Crippen LogP contribution is -1.89. The summed E-state index contributed by atoms with van der Waals surface area (Å²) in [6, 6.07) is 10.4. The molecule has 1 aromatic heterocycles. The van der Waals surface area contributed by atoms with Crippen molar-refractivity contribution in [3.8, 4) is 0 Å². The third-order valence-corrected chi connectivity index (χ3v) is 2.39. The second-order valence-electron chi connectivity index (χ2n) is 3.55. The molecular formula is C13H14N. The lowest BCUT2D eigenvalue weighted by Gasteiger charge is -2.00. The Bertz CT molecular complexity index is 420. The zero-order chi connectivity index (χ0) is 9.80. The van der Waals surface area contributed by atoms with E-state index in [9.17, 15) is 0 Å². The molecule has 1 radical (unpaired) electrons. The van der Waals surface area contributed by atoms with Crippen molar-refractivity contribution in [3.05, 3.63) is 42.2 Å². The zero-order valence-electron chi connectivity index (χ0n) is 8.46. The maximum Gasteiger partial charge on any atom is 0.0974 e. The Morgan fingerprint density at radius 1 is 1.29 bits per heavy atom. The highest BCUT2D eigenvalue weighted by atomic mass is 14.7. The molecule has 14 heavy (non-hydrogen) atoms. The van der Waals surface area contributed by atoms with E-state index < -0.39 is 0 Å². The van der Waals surface area contributed by atoms with Gasteiger partial charge in [-0.15, -0.1) is 0 Å². The van der Waals surface area contributed by atoms with E-state index in [1.807, 2.05) is 12.1 Å². The molecule has 0 spiro atoms. The van der Waals surface area contributed by atoms with Crippen molar-refractivity contribution >= 4 is 10.8 Å². The van der Waals surface area contributed by atoms with Crippen LogP contribution in [-0.4, -0.2) is 4.98 Å². The van der Waals surface area contributed by atoms with E-state index in [-0.39, 0.29) is 0 Å². The van der Waals surface area contributed by atoms with Crippen LogP contribution in [0.15, 0.2) is 30.3 Å². The molecule has 71 valence electrons. The standard InChI is InChI=1S/C13H14N/c1-2-3-8-13-9-11-6-4-5-7-12(11)10-14-13/h4-7,9H,2-3,8H2,1H3. The maximum atomic E-state index is 4.32. The van der Waals surface area contributed by atoms with E-state index in [1.54, 1.807) is 0 Å². The van der Waals surface area contributed by atoms with Crippen molar-refractivity contribution in [1.29, 1.82) is 0 Å². The number of hydrogen-bond acceptors (Lipinski definition) is 1. The highest BCUT2D eigenvalue weighted by Crippen LogP contribution is 2.13. The van der Waals surface area contributed by atoms with Gasteiger partial charge < -0.3 is 0 Å². The number of aryl methyl sites for hydroxylation is 1. The summed E-state index contributed by atoms with van der Waals surface area (Å²) in [7, 11) is 0. The monoisotopic (exact) mass is 184 g/mol. The molecule has 0 fully saturated rings. The van der Waals surface area contributed by atoms with Crippen LogP contribution in [-0.2, 0) is 6.42 Å². The minimum atomic E-state index is 1.07. The van der Waals surface area contributed by atoms with Crippen molar-refractivity contribution in [2.45, 2.75) is 26.2 Å². The Kier molecular flexibility index (Phi) is 2.78. The van der Waals surface area contributed by atoms with Crippen molar-refractivity contribution in [2.24, 2.45) is 0 Å². The fraction of sp³-hybridized carbons (Fsp3) is 0.308. The summed E-state index contributed by atoms with van der Waals surface area (Å²) in [6.45, 7) is 2.20. The van der Waals surface area contributed by atoms with Gasteiger partial charge >= 0.3 is 0 Å². The number of nitrogens with zero attached hydrogens (tertiary/aromatic N) is 1. The van der Waals surface area contributed by atoms with Crippen LogP contribution >= 0.6 is 0 Å². The first-order valence-corrected chi connectivity index (χ1v) is 5.16. The maximum absolute atomic E-state index is 4.32. The number of unbranched alkanes of at least 4 members (excludes halogenated alkanes) is 1. The lowest BCUT2D eigenvalue weighted by molar-refractivity contribution is 0.778. The van der Waals surface area contributed by atoms with Gasteiger partial charge in [-0.3, -0.25) is 4.98 Å². The summed E-state index contributed by atoms with van der Waals surface area (Å²) < 4.78 is 0. The summed E-state index contributed by atoms with van der Waals surface area (Å²) in [5.41, 5.74) is 1.16. The van der Waals surface area contributed by atoms with Crippen LogP contribution in [0.1, 0.15) is 25.5 Å². The van der Waals surface area contributed by atoms with Crippen LogP contribution < -0.4 is 0 Å². The first-order valence-electron chi connectivity index (χ1n) is 5.16. The molecule has 0 bridgehead atoms. The molecule has 1 heterocycles. The van der Waals surface area contributed by atoms with Crippen molar-refractivity contribution < 1.29 is 0 Å². The normalized spacial score (nSPS) is 10.6. The zero-order valence-corrected chi connectivity index (χ0v) is 8.46. The summed E-state index contributed by atoms with van der Waals surface area (Å²) in [5, 5.41) is 2.35. The Hall–Kier alpha value is -1.37. The number of hydrogen-bond donors (Lipinski definition) is 0. The van der Waals surface area contributed by atoms with Gasteiger partial charge in [0.1, 0.15) is 0 Å². The summed E-state index contributed by atoms with van der Waals surface area (Å²) >= 11 is 0. The summed E-state index contributed by atoms with van der Waals surface area (Å²) in [6.07, 6.45) is 6.57. The SMILES string of the molecule is CCCCc1cc2ccccc2[c]n1. The van der Waals surface area contributed by atoms with Crippen LogP contribution in [0.25, 0.3) is 10.8 Å². The smallest absolute Gasteiger partial charge is 0.0974 e. The molecular weight excluding hydrogens is 170 g/mol. The van der Waals surface area contributed by atoms with E-state index >= 15 is 0 Å². The predicted molar refractivity (Wildman–Crippen MR) is 59.2 cm³/mol. The molecule has 0 unspecified atom stereocenters. The fourth-order valence-electron chi connectivity index (χ4n) is 1.55.